The molecule has 26 heavy (non-hydrogen) atoms. The molecule has 138 valence electrons. The van der Waals surface area contributed by atoms with Gasteiger partial charge in [-0.2, -0.15) is 5.10 Å². The first-order chi connectivity index (χ1) is 12.5. The highest BCUT2D eigenvalue weighted by atomic mass is 32.2. The van der Waals surface area contributed by atoms with Gasteiger partial charge < -0.3 is 0 Å². The van der Waals surface area contributed by atoms with E-state index in [1.807, 2.05) is 36.5 Å². The summed E-state index contributed by atoms with van der Waals surface area (Å²) in [6.07, 6.45) is 9.75. The first-order valence-corrected chi connectivity index (χ1v) is 11.3. The van der Waals surface area contributed by atoms with Gasteiger partial charge in [-0.3, -0.25) is 9.40 Å². The van der Waals surface area contributed by atoms with Crippen LogP contribution in [0.1, 0.15) is 44.1 Å². The van der Waals surface area contributed by atoms with Crippen molar-refractivity contribution in [3.05, 3.63) is 48.2 Å². The minimum atomic E-state index is -3.46. The van der Waals surface area contributed by atoms with Crippen molar-refractivity contribution >= 4 is 15.8 Å². The van der Waals surface area contributed by atoms with Crippen molar-refractivity contribution in [1.82, 2.24) is 9.78 Å². The Balaban J connectivity index is 1.34. The molecule has 1 heterocycles. The highest BCUT2D eigenvalue weighted by Crippen LogP contribution is 2.58. The van der Waals surface area contributed by atoms with Gasteiger partial charge in [-0.25, -0.2) is 8.42 Å². The second-order valence-corrected chi connectivity index (χ2v) is 10.4. The van der Waals surface area contributed by atoms with E-state index in [2.05, 4.69) is 14.5 Å². The predicted octanol–water partition coefficient (Wildman–Crippen LogP) is 3.75. The number of benzene rings is 1. The number of rotatable bonds is 5. The Morgan fingerprint density at radius 1 is 1.00 bits per heavy atom. The van der Waals surface area contributed by atoms with E-state index >= 15 is 0 Å². The lowest BCUT2D eigenvalue weighted by Gasteiger charge is -2.56. The smallest absolute Gasteiger partial charge is 0.238 e. The molecule has 6 rings (SSSR count). The van der Waals surface area contributed by atoms with Gasteiger partial charge >= 0.3 is 0 Å². The number of hydrogen-bond donors (Lipinski definition) is 1. The van der Waals surface area contributed by atoms with Crippen LogP contribution in [0.3, 0.4) is 0 Å². The number of aromatic nitrogens is 2. The summed E-state index contributed by atoms with van der Waals surface area (Å²) in [7, 11) is -3.46. The zero-order valence-electron chi connectivity index (χ0n) is 14.8. The standard InChI is InChI=1S/C20H25N3O2S/c24-26(25,14-15-4-2-1-3-5-15)22-19-6-7-23(21-19)20-11-16-8-17(12-20)10-18(9-16)13-20/h1-7,16-18H,8-14H2,(H,21,22). The molecule has 0 aliphatic heterocycles. The molecule has 4 saturated carbocycles. The number of hydrogen-bond acceptors (Lipinski definition) is 3. The normalized spacial score (nSPS) is 32.7. The summed E-state index contributed by atoms with van der Waals surface area (Å²) in [5, 5.41) is 4.65. The first-order valence-electron chi connectivity index (χ1n) is 9.60. The van der Waals surface area contributed by atoms with E-state index < -0.39 is 10.0 Å². The maximum absolute atomic E-state index is 12.5. The van der Waals surface area contributed by atoms with Crippen LogP contribution < -0.4 is 4.72 Å². The maximum atomic E-state index is 12.5. The Morgan fingerprint density at radius 2 is 1.62 bits per heavy atom. The lowest BCUT2D eigenvalue weighted by molar-refractivity contribution is -0.0492. The molecular formula is C20H25N3O2S. The van der Waals surface area contributed by atoms with E-state index in [4.69, 9.17) is 0 Å². The van der Waals surface area contributed by atoms with Crippen molar-refractivity contribution in [3.8, 4) is 0 Å². The summed E-state index contributed by atoms with van der Waals surface area (Å²) < 4.78 is 29.7. The molecule has 0 unspecified atom stereocenters. The van der Waals surface area contributed by atoms with Crippen LogP contribution in [0.25, 0.3) is 0 Å². The van der Waals surface area contributed by atoms with E-state index in [9.17, 15) is 8.42 Å². The second-order valence-electron chi connectivity index (χ2n) is 8.63. The summed E-state index contributed by atoms with van der Waals surface area (Å²) >= 11 is 0. The summed E-state index contributed by atoms with van der Waals surface area (Å²) in [5.41, 5.74) is 0.901. The van der Waals surface area contributed by atoms with Gasteiger partial charge in [-0.05, 0) is 61.8 Å². The number of nitrogens with one attached hydrogen (secondary N) is 1. The van der Waals surface area contributed by atoms with Crippen molar-refractivity contribution in [2.24, 2.45) is 17.8 Å². The fourth-order valence-electron chi connectivity index (χ4n) is 5.98. The first kappa shape index (κ1) is 16.4. The van der Waals surface area contributed by atoms with Gasteiger partial charge in [-0.1, -0.05) is 30.3 Å². The molecule has 0 saturated heterocycles. The van der Waals surface area contributed by atoms with E-state index in [-0.39, 0.29) is 11.3 Å². The van der Waals surface area contributed by atoms with Gasteiger partial charge in [0.15, 0.2) is 5.82 Å². The van der Waals surface area contributed by atoms with Crippen molar-refractivity contribution in [1.29, 1.82) is 0 Å². The number of anilines is 1. The van der Waals surface area contributed by atoms with Crippen LogP contribution in [0, 0.1) is 17.8 Å². The SMILES string of the molecule is O=S(=O)(Cc1ccccc1)Nc1ccn(C23CC4CC(CC(C4)C2)C3)n1. The van der Waals surface area contributed by atoms with Crippen molar-refractivity contribution < 1.29 is 8.42 Å². The van der Waals surface area contributed by atoms with Gasteiger partial charge in [0.05, 0.1) is 11.3 Å². The van der Waals surface area contributed by atoms with Crippen LogP contribution in [0.4, 0.5) is 5.82 Å². The molecule has 1 aromatic carbocycles. The van der Waals surface area contributed by atoms with Gasteiger partial charge in [-0.15, -0.1) is 0 Å². The maximum Gasteiger partial charge on any atom is 0.238 e. The van der Waals surface area contributed by atoms with E-state index in [0.29, 0.717) is 5.82 Å². The Kier molecular flexibility index (Phi) is 3.68. The Bertz CT molecular complexity index is 869. The van der Waals surface area contributed by atoms with Gasteiger partial charge in [0.25, 0.3) is 0 Å². The van der Waals surface area contributed by atoms with Crippen molar-refractivity contribution in [3.63, 3.8) is 0 Å². The molecule has 1 N–H and O–H groups in total. The van der Waals surface area contributed by atoms with Crippen LogP contribution in [-0.2, 0) is 21.3 Å². The molecule has 0 radical (unpaired) electrons. The molecule has 2 aromatic rings. The number of nitrogens with zero attached hydrogens (tertiary/aromatic N) is 2. The van der Waals surface area contributed by atoms with Crippen molar-refractivity contribution in [2.45, 2.75) is 49.8 Å². The van der Waals surface area contributed by atoms with Gasteiger partial charge in [0, 0.05) is 12.3 Å². The summed E-state index contributed by atoms with van der Waals surface area (Å²) in [5.74, 6) is 2.92. The molecule has 1 aromatic heterocycles. The average Bonchev–Trinajstić information content (AvgIpc) is 3.02. The Morgan fingerprint density at radius 3 is 2.23 bits per heavy atom. The van der Waals surface area contributed by atoms with E-state index in [0.717, 1.165) is 23.3 Å². The Hall–Kier alpha value is -1.82. The average molecular weight is 372 g/mol. The van der Waals surface area contributed by atoms with Gasteiger partial charge in [0.1, 0.15) is 0 Å². The van der Waals surface area contributed by atoms with Crippen LogP contribution in [0.5, 0.6) is 0 Å². The fourth-order valence-corrected chi connectivity index (χ4v) is 7.11. The quantitative estimate of drug-likeness (QED) is 0.870. The highest BCUT2D eigenvalue weighted by Gasteiger charge is 2.52. The molecule has 4 aliphatic rings. The molecular weight excluding hydrogens is 346 g/mol. The molecule has 0 spiro atoms. The van der Waals surface area contributed by atoms with E-state index in [1.165, 1.54) is 38.5 Å². The summed E-state index contributed by atoms with van der Waals surface area (Å²) in [6.45, 7) is 0. The number of sulfonamides is 1. The molecule has 4 fully saturated rings. The summed E-state index contributed by atoms with van der Waals surface area (Å²) in [6, 6.07) is 11.1. The highest BCUT2D eigenvalue weighted by molar-refractivity contribution is 7.91. The fraction of sp³-hybridized carbons (Fsp3) is 0.550. The minimum absolute atomic E-state index is 0.0297. The third kappa shape index (κ3) is 2.94. The van der Waals surface area contributed by atoms with Crippen LogP contribution in [0.2, 0.25) is 0 Å². The third-order valence-electron chi connectivity index (χ3n) is 6.54. The second kappa shape index (κ2) is 5.84. The van der Waals surface area contributed by atoms with Crippen molar-refractivity contribution in [2.75, 3.05) is 4.72 Å². The largest absolute Gasteiger partial charge is 0.266 e. The monoisotopic (exact) mass is 371 g/mol. The Labute approximate surface area is 154 Å². The molecule has 0 amide bonds. The molecule has 5 nitrogen and oxygen atoms in total. The lowest BCUT2D eigenvalue weighted by atomic mass is 9.53. The minimum Gasteiger partial charge on any atom is -0.266 e. The van der Waals surface area contributed by atoms with E-state index in [1.54, 1.807) is 6.07 Å². The zero-order valence-corrected chi connectivity index (χ0v) is 15.7. The van der Waals surface area contributed by atoms with Gasteiger partial charge in [0.2, 0.25) is 10.0 Å². The zero-order chi connectivity index (χ0) is 17.8. The predicted molar refractivity (Wildman–Crippen MR) is 101 cm³/mol. The molecule has 6 heteroatoms. The summed E-state index contributed by atoms with van der Waals surface area (Å²) in [4.78, 5) is 0. The lowest BCUT2D eigenvalue weighted by Crippen LogP contribution is -2.52. The molecule has 4 aliphatic carbocycles. The molecule has 0 atom stereocenters. The third-order valence-corrected chi connectivity index (χ3v) is 7.77. The van der Waals surface area contributed by atoms with Crippen LogP contribution in [-0.4, -0.2) is 18.2 Å². The topological polar surface area (TPSA) is 64.0 Å². The van der Waals surface area contributed by atoms with Crippen LogP contribution >= 0.6 is 0 Å². The molecule has 4 bridgehead atoms. The van der Waals surface area contributed by atoms with Crippen LogP contribution in [0.15, 0.2) is 42.6 Å².